The Hall–Kier alpha value is -1.10. The Labute approximate surface area is 109 Å². The lowest BCUT2D eigenvalue weighted by molar-refractivity contribution is -0.123. The molecule has 2 amide bonds. The maximum absolute atomic E-state index is 11.6. The molecule has 1 saturated carbocycles. The van der Waals surface area contributed by atoms with E-state index in [1.165, 1.54) is 0 Å². The van der Waals surface area contributed by atoms with Gasteiger partial charge in [-0.3, -0.25) is 9.59 Å². The maximum atomic E-state index is 11.6. The van der Waals surface area contributed by atoms with Crippen molar-refractivity contribution in [3.05, 3.63) is 0 Å². The van der Waals surface area contributed by atoms with Crippen molar-refractivity contribution >= 4 is 11.8 Å². The summed E-state index contributed by atoms with van der Waals surface area (Å²) in [6, 6.07) is -0.0307. The monoisotopic (exact) mass is 255 g/mol. The second kappa shape index (κ2) is 7.36. The number of hydrogen-bond donors (Lipinski definition) is 3. The van der Waals surface area contributed by atoms with E-state index in [-0.39, 0.29) is 11.8 Å². The van der Waals surface area contributed by atoms with Gasteiger partial charge in [0.2, 0.25) is 11.8 Å². The quantitative estimate of drug-likeness (QED) is 0.553. The van der Waals surface area contributed by atoms with E-state index in [0.717, 1.165) is 12.8 Å². The van der Waals surface area contributed by atoms with E-state index >= 15 is 0 Å². The molecule has 0 bridgehead atoms. The summed E-state index contributed by atoms with van der Waals surface area (Å²) in [4.78, 5) is 22.9. The van der Waals surface area contributed by atoms with Gasteiger partial charge in [-0.05, 0) is 31.6 Å². The Morgan fingerprint density at radius 2 is 2.00 bits per heavy atom. The van der Waals surface area contributed by atoms with Crippen molar-refractivity contribution < 1.29 is 9.59 Å². The Balaban J connectivity index is 2.02. The van der Waals surface area contributed by atoms with Crippen LogP contribution in [0.2, 0.25) is 0 Å². The molecule has 1 atom stereocenters. The Morgan fingerprint density at radius 1 is 1.33 bits per heavy atom. The van der Waals surface area contributed by atoms with Crippen molar-refractivity contribution in [2.45, 2.75) is 58.0 Å². The van der Waals surface area contributed by atoms with Crippen LogP contribution in [-0.2, 0) is 9.59 Å². The first-order valence-electron chi connectivity index (χ1n) is 6.81. The molecule has 1 aliphatic carbocycles. The number of carbonyl (C=O) groups is 2. The van der Waals surface area contributed by atoms with Crippen molar-refractivity contribution in [2.75, 3.05) is 6.54 Å². The Kier molecular flexibility index (Phi) is 6.12. The van der Waals surface area contributed by atoms with E-state index in [2.05, 4.69) is 10.6 Å². The lowest BCUT2D eigenvalue weighted by Gasteiger charge is -2.13. The molecule has 0 saturated heterocycles. The normalized spacial score (nSPS) is 16.4. The van der Waals surface area contributed by atoms with Gasteiger partial charge in [0.1, 0.15) is 0 Å². The van der Waals surface area contributed by atoms with Crippen LogP contribution in [0.1, 0.15) is 46.0 Å². The van der Waals surface area contributed by atoms with Gasteiger partial charge in [-0.2, -0.15) is 0 Å². The van der Waals surface area contributed by atoms with E-state index in [1.54, 1.807) is 0 Å². The third-order valence-electron chi connectivity index (χ3n) is 2.88. The van der Waals surface area contributed by atoms with Crippen LogP contribution >= 0.6 is 0 Å². The smallest absolute Gasteiger partial charge is 0.236 e. The van der Waals surface area contributed by atoms with Crippen molar-refractivity contribution in [3.8, 4) is 0 Å². The third kappa shape index (κ3) is 6.59. The highest BCUT2D eigenvalue weighted by molar-refractivity contribution is 5.81. The average Bonchev–Trinajstić information content (AvgIpc) is 3.06. The van der Waals surface area contributed by atoms with Gasteiger partial charge in [0.25, 0.3) is 0 Å². The summed E-state index contributed by atoms with van der Waals surface area (Å²) in [5.41, 5.74) is 5.74. The topological polar surface area (TPSA) is 84.2 Å². The highest BCUT2D eigenvalue weighted by Crippen LogP contribution is 2.18. The molecule has 18 heavy (non-hydrogen) atoms. The fourth-order valence-electron chi connectivity index (χ4n) is 1.73. The fraction of sp³-hybridized carbons (Fsp3) is 0.846. The summed E-state index contributed by atoms with van der Waals surface area (Å²) >= 11 is 0. The van der Waals surface area contributed by atoms with Crippen molar-refractivity contribution in [1.29, 1.82) is 0 Å². The molecule has 0 spiro atoms. The average molecular weight is 255 g/mol. The fourth-order valence-corrected chi connectivity index (χ4v) is 1.73. The van der Waals surface area contributed by atoms with Crippen LogP contribution in [0.25, 0.3) is 0 Å². The van der Waals surface area contributed by atoms with Crippen LogP contribution in [0.3, 0.4) is 0 Å². The highest BCUT2D eigenvalue weighted by atomic mass is 16.2. The Bertz CT molecular complexity index is 288. The zero-order valence-electron chi connectivity index (χ0n) is 11.4. The lowest BCUT2D eigenvalue weighted by Crippen LogP contribution is -2.41. The number of rotatable bonds is 8. The van der Waals surface area contributed by atoms with Crippen molar-refractivity contribution in [3.63, 3.8) is 0 Å². The summed E-state index contributed by atoms with van der Waals surface area (Å²) in [7, 11) is 0. The van der Waals surface area contributed by atoms with E-state index in [9.17, 15) is 9.59 Å². The number of amides is 2. The lowest BCUT2D eigenvalue weighted by atomic mass is 10.0. The van der Waals surface area contributed by atoms with E-state index < -0.39 is 6.04 Å². The molecule has 0 aromatic heterocycles. The minimum absolute atomic E-state index is 0.0817. The third-order valence-corrected chi connectivity index (χ3v) is 2.88. The van der Waals surface area contributed by atoms with Gasteiger partial charge in [-0.25, -0.2) is 0 Å². The molecule has 5 nitrogen and oxygen atoms in total. The summed E-state index contributed by atoms with van der Waals surface area (Å²) in [5, 5.41) is 5.68. The largest absolute Gasteiger partial charge is 0.355 e. The second-order valence-electron chi connectivity index (χ2n) is 5.47. The number of carbonyl (C=O) groups excluding carboxylic acids is 2. The van der Waals surface area contributed by atoms with E-state index in [1.807, 2.05) is 13.8 Å². The van der Waals surface area contributed by atoms with Crippen LogP contribution in [-0.4, -0.2) is 30.4 Å². The van der Waals surface area contributed by atoms with Crippen molar-refractivity contribution in [1.82, 2.24) is 10.6 Å². The molecule has 4 N–H and O–H groups in total. The maximum Gasteiger partial charge on any atom is 0.236 e. The summed E-state index contributed by atoms with van der Waals surface area (Å²) in [5.74, 6) is 0.375. The van der Waals surface area contributed by atoms with Crippen LogP contribution in [0.5, 0.6) is 0 Å². The first kappa shape index (κ1) is 15.0. The molecule has 104 valence electrons. The summed E-state index contributed by atoms with van der Waals surface area (Å²) in [6.07, 6.45) is 4.03. The molecule has 0 radical (unpaired) electrons. The van der Waals surface area contributed by atoms with Gasteiger partial charge in [0.15, 0.2) is 0 Å². The molecule has 0 heterocycles. The first-order valence-corrected chi connectivity index (χ1v) is 6.81. The first-order chi connectivity index (χ1) is 8.49. The molecule has 1 rings (SSSR count). The predicted molar refractivity (Wildman–Crippen MR) is 70.8 cm³/mol. The van der Waals surface area contributed by atoms with Gasteiger partial charge in [0.05, 0.1) is 6.04 Å². The molecule has 1 aliphatic rings. The minimum Gasteiger partial charge on any atom is -0.355 e. The number of nitrogens with one attached hydrogen (secondary N) is 2. The predicted octanol–water partition coefficient (Wildman–Crippen LogP) is 0.535. The van der Waals surface area contributed by atoms with E-state index in [0.29, 0.717) is 37.8 Å². The van der Waals surface area contributed by atoms with Gasteiger partial charge >= 0.3 is 0 Å². The molecule has 0 aromatic carbocycles. The highest BCUT2D eigenvalue weighted by Gasteiger charge is 2.22. The Morgan fingerprint density at radius 3 is 2.56 bits per heavy atom. The standard InChI is InChI=1S/C13H25N3O2/c1-9(2)8-11(14)13(18)15-7-3-4-12(17)16-10-5-6-10/h9-11H,3-8,14H2,1-2H3,(H,15,18)(H,16,17)/t11-/m0/s1. The molecule has 0 unspecified atom stereocenters. The molecule has 0 aromatic rings. The molecule has 1 fully saturated rings. The zero-order chi connectivity index (χ0) is 13.5. The number of nitrogens with two attached hydrogens (primary N) is 1. The van der Waals surface area contributed by atoms with Crippen LogP contribution in [0, 0.1) is 5.92 Å². The minimum atomic E-state index is -0.440. The zero-order valence-corrected chi connectivity index (χ0v) is 11.4. The molecular formula is C13H25N3O2. The van der Waals surface area contributed by atoms with Crippen LogP contribution in [0.4, 0.5) is 0 Å². The summed E-state index contributed by atoms with van der Waals surface area (Å²) in [6.45, 7) is 4.59. The molecular weight excluding hydrogens is 230 g/mol. The van der Waals surface area contributed by atoms with Crippen LogP contribution < -0.4 is 16.4 Å². The molecule has 5 heteroatoms. The number of hydrogen-bond acceptors (Lipinski definition) is 3. The summed E-state index contributed by atoms with van der Waals surface area (Å²) < 4.78 is 0. The van der Waals surface area contributed by atoms with Gasteiger partial charge in [-0.1, -0.05) is 13.8 Å². The van der Waals surface area contributed by atoms with Gasteiger partial charge < -0.3 is 16.4 Å². The van der Waals surface area contributed by atoms with Crippen molar-refractivity contribution in [2.24, 2.45) is 11.7 Å². The van der Waals surface area contributed by atoms with Gasteiger partial charge in [-0.15, -0.1) is 0 Å². The molecule has 0 aliphatic heterocycles. The SMILES string of the molecule is CC(C)C[C@H](N)C(=O)NCCCC(=O)NC1CC1. The van der Waals surface area contributed by atoms with Crippen LogP contribution in [0.15, 0.2) is 0 Å². The van der Waals surface area contributed by atoms with E-state index in [4.69, 9.17) is 5.73 Å². The second-order valence-corrected chi connectivity index (χ2v) is 5.47. The van der Waals surface area contributed by atoms with Gasteiger partial charge in [0, 0.05) is 19.0 Å².